The number of fused-ring (bicyclic) bond motifs is 5. The summed E-state index contributed by atoms with van der Waals surface area (Å²) in [5, 5.41) is 0. The minimum Gasteiger partial charge on any atom is -0.497 e. The summed E-state index contributed by atoms with van der Waals surface area (Å²) in [5.74, 6) is 3.98. The van der Waals surface area contributed by atoms with Crippen LogP contribution < -0.4 is 4.74 Å². The Kier molecular flexibility index (Phi) is 4.50. The van der Waals surface area contributed by atoms with Gasteiger partial charge in [-0.2, -0.15) is 0 Å². The number of rotatable bonds is 3. The molecule has 0 heterocycles. The summed E-state index contributed by atoms with van der Waals surface area (Å²) >= 11 is 3.71. The molecule has 0 radical (unpaired) electrons. The van der Waals surface area contributed by atoms with Gasteiger partial charge < -0.3 is 4.74 Å². The van der Waals surface area contributed by atoms with E-state index in [-0.39, 0.29) is 10.2 Å². The number of Topliss-reactive ketones (excluding diaryl/α,β-unsaturated/α-hetero) is 1. The number of hydrogen-bond donors (Lipinski definition) is 0. The largest absolute Gasteiger partial charge is 0.497 e. The monoisotopic (exact) mass is 404 g/mol. The van der Waals surface area contributed by atoms with Crippen molar-refractivity contribution in [2.75, 3.05) is 7.11 Å². The van der Waals surface area contributed by atoms with E-state index >= 15 is 0 Å². The molecule has 25 heavy (non-hydrogen) atoms. The van der Waals surface area contributed by atoms with Crippen LogP contribution in [-0.4, -0.2) is 17.7 Å². The average Bonchev–Trinajstić information content (AvgIpc) is 2.91. The molecule has 1 unspecified atom stereocenters. The summed E-state index contributed by atoms with van der Waals surface area (Å²) < 4.78 is 5.47. The molecule has 0 spiro atoms. The molecule has 136 valence electrons. The van der Waals surface area contributed by atoms with Crippen molar-refractivity contribution in [1.82, 2.24) is 0 Å². The number of hydrogen-bond acceptors (Lipinski definition) is 2. The predicted molar refractivity (Wildman–Crippen MR) is 104 cm³/mol. The van der Waals surface area contributed by atoms with Gasteiger partial charge in [-0.15, -0.1) is 0 Å². The smallest absolute Gasteiger partial charge is 0.152 e. The number of halogens is 1. The molecule has 0 saturated heterocycles. The van der Waals surface area contributed by atoms with Gasteiger partial charge >= 0.3 is 0 Å². The first-order chi connectivity index (χ1) is 12.1. The van der Waals surface area contributed by atoms with E-state index in [0.717, 1.165) is 37.9 Å². The maximum Gasteiger partial charge on any atom is 0.152 e. The molecule has 3 heteroatoms. The van der Waals surface area contributed by atoms with Crippen LogP contribution in [0.15, 0.2) is 18.2 Å². The minimum absolute atomic E-state index is 0.0628. The van der Waals surface area contributed by atoms with Crippen molar-refractivity contribution in [2.45, 2.75) is 63.1 Å². The lowest BCUT2D eigenvalue weighted by atomic mass is 9.51. The van der Waals surface area contributed by atoms with E-state index < -0.39 is 0 Å². The molecule has 0 bridgehead atoms. The Morgan fingerprint density at radius 1 is 1.32 bits per heavy atom. The van der Waals surface area contributed by atoms with Crippen LogP contribution in [0, 0.1) is 23.2 Å². The van der Waals surface area contributed by atoms with Crippen LogP contribution in [-0.2, 0) is 11.2 Å². The van der Waals surface area contributed by atoms with E-state index in [0.29, 0.717) is 29.5 Å². The summed E-state index contributed by atoms with van der Waals surface area (Å²) in [7, 11) is 1.75. The first-order valence-electron chi connectivity index (χ1n) is 9.90. The summed E-state index contributed by atoms with van der Waals surface area (Å²) in [5.41, 5.74) is 2.95. The second-order valence-electron chi connectivity index (χ2n) is 8.34. The summed E-state index contributed by atoms with van der Waals surface area (Å²) in [6, 6.07) is 6.68. The summed E-state index contributed by atoms with van der Waals surface area (Å²) in [4.78, 5) is 13.1. The topological polar surface area (TPSA) is 26.3 Å². The standard InChI is InChI=1S/C22H29BrO2/c1-4-13-10-14-11-15(25-3)6-7-16(14)17-8-9-22(5-2)18(20(13)17)12-19(23)21(22)24/h6-7,11,13,17-20H,4-5,8-10,12H2,1-3H3/t13-,17-,18+,19-,20-,22?/m1/s1. The summed E-state index contributed by atoms with van der Waals surface area (Å²) in [6.45, 7) is 4.57. The van der Waals surface area contributed by atoms with Gasteiger partial charge in [0, 0.05) is 5.41 Å². The fraction of sp³-hybridized carbons (Fsp3) is 0.682. The van der Waals surface area contributed by atoms with E-state index in [4.69, 9.17) is 4.74 Å². The van der Waals surface area contributed by atoms with Gasteiger partial charge in [0.15, 0.2) is 5.78 Å². The maximum atomic E-state index is 13.0. The summed E-state index contributed by atoms with van der Waals surface area (Å²) in [6.07, 6.45) is 6.62. The molecule has 4 rings (SSSR count). The number of benzene rings is 1. The van der Waals surface area contributed by atoms with Crippen molar-refractivity contribution in [1.29, 1.82) is 0 Å². The lowest BCUT2D eigenvalue weighted by Crippen LogP contribution is -2.47. The van der Waals surface area contributed by atoms with Crippen LogP contribution in [0.4, 0.5) is 0 Å². The molecule has 0 aliphatic heterocycles. The Morgan fingerprint density at radius 3 is 2.80 bits per heavy atom. The van der Waals surface area contributed by atoms with Crippen molar-refractivity contribution in [3.05, 3.63) is 29.3 Å². The number of carbonyl (C=O) groups is 1. The zero-order chi connectivity index (χ0) is 17.8. The minimum atomic E-state index is -0.0628. The lowest BCUT2D eigenvalue weighted by molar-refractivity contribution is -0.131. The Hall–Kier alpha value is -0.830. The van der Waals surface area contributed by atoms with Crippen LogP contribution in [0.25, 0.3) is 0 Å². The van der Waals surface area contributed by atoms with E-state index in [1.165, 1.54) is 17.5 Å². The Balaban J connectivity index is 1.78. The molecule has 1 aromatic carbocycles. The Bertz CT molecular complexity index is 685. The van der Waals surface area contributed by atoms with Crippen LogP contribution in [0.3, 0.4) is 0 Å². The molecule has 3 aliphatic rings. The molecule has 0 amide bonds. The van der Waals surface area contributed by atoms with Gasteiger partial charge in [0.2, 0.25) is 0 Å². The highest BCUT2D eigenvalue weighted by Gasteiger charge is 2.60. The zero-order valence-electron chi connectivity index (χ0n) is 15.6. The number of alkyl halides is 1. The van der Waals surface area contributed by atoms with Crippen LogP contribution in [0.1, 0.15) is 63.0 Å². The van der Waals surface area contributed by atoms with Gasteiger partial charge in [0.1, 0.15) is 5.75 Å². The van der Waals surface area contributed by atoms with E-state index in [2.05, 4.69) is 48.0 Å². The third-order valence-corrected chi connectivity index (χ3v) is 8.50. The van der Waals surface area contributed by atoms with Crippen molar-refractivity contribution in [3.8, 4) is 5.75 Å². The first-order valence-corrected chi connectivity index (χ1v) is 10.8. The van der Waals surface area contributed by atoms with Crippen molar-refractivity contribution >= 4 is 21.7 Å². The number of ketones is 1. The Morgan fingerprint density at radius 2 is 2.12 bits per heavy atom. The van der Waals surface area contributed by atoms with Gasteiger partial charge in [-0.1, -0.05) is 42.3 Å². The van der Waals surface area contributed by atoms with E-state index in [9.17, 15) is 4.79 Å². The van der Waals surface area contributed by atoms with Gasteiger partial charge in [0.25, 0.3) is 0 Å². The second kappa shape index (κ2) is 6.40. The molecule has 2 fully saturated rings. The average molecular weight is 405 g/mol. The van der Waals surface area contributed by atoms with E-state index in [1.807, 2.05) is 0 Å². The normalized spacial score (nSPS) is 39.5. The second-order valence-corrected chi connectivity index (χ2v) is 9.45. The van der Waals surface area contributed by atoms with Gasteiger partial charge in [-0.25, -0.2) is 0 Å². The molecule has 2 saturated carbocycles. The molecule has 6 atom stereocenters. The Labute approximate surface area is 159 Å². The highest BCUT2D eigenvalue weighted by Crippen LogP contribution is 2.63. The quantitative estimate of drug-likeness (QED) is 0.619. The fourth-order valence-electron chi connectivity index (χ4n) is 6.49. The first kappa shape index (κ1) is 17.6. The van der Waals surface area contributed by atoms with Gasteiger partial charge in [-0.3, -0.25) is 4.79 Å². The molecule has 2 nitrogen and oxygen atoms in total. The number of carbonyl (C=O) groups excluding carboxylic acids is 1. The molecule has 0 N–H and O–H groups in total. The fourth-order valence-corrected chi connectivity index (χ4v) is 7.34. The van der Waals surface area contributed by atoms with Crippen molar-refractivity contribution in [3.63, 3.8) is 0 Å². The van der Waals surface area contributed by atoms with Crippen LogP contribution in [0.2, 0.25) is 0 Å². The predicted octanol–water partition coefficient (Wildman–Crippen LogP) is 5.52. The zero-order valence-corrected chi connectivity index (χ0v) is 17.1. The number of ether oxygens (including phenoxy) is 1. The molecular weight excluding hydrogens is 376 g/mol. The highest BCUT2D eigenvalue weighted by atomic mass is 79.9. The third-order valence-electron chi connectivity index (χ3n) is 7.71. The van der Waals surface area contributed by atoms with Crippen molar-refractivity contribution in [2.24, 2.45) is 23.2 Å². The molecule has 0 aromatic heterocycles. The van der Waals surface area contributed by atoms with Crippen LogP contribution >= 0.6 is 15.9 Å². The lowest BCUT2D eigenvalue weighted by Gasteiger charge is -2.52. The maximum absolute atomic E-state index is 13.0. The SMILES string of the molecule is CC[C@@H]1Cc2cc(OC)ccc2[C@H]2CCC3(CC)C(=O)[C@H](Br)C[C@H]3[C@H]12. The van der Waals surface area contributed by atoms with Crippen LogP contribution in [0.5, 0.6) is 5.75 Å². The van der Waals surface area contributed by atoms with E-state index in [1.54, 1.807) is 7.11 Å². The van der Waals surface area contributed by atoms with Gasteiger partial charge in [-0.05, 0) is 79.0 Å². The molecular formula is C22H29BrO2. The molecule has 3 aliphatic carbocycles. The van der Waals surface area contributed by atoms with Gasteiger partial charge in [0.05, 0.1) is 11.9 Å². The highest BCUT2D eigenvalue weighted by molar-refractivity contribution is 9.10. The molecule has 1 aromatic rings. The third kappa shape index (κ3) is 2.44. The number of methoxy groups -OCH3 is 1. The van der Waals surface area contributed by atoms with Crippen molar-refractivity contribution < 1.29 is 9.53 Å².